The van der Waals surface area contributed by atoms with Crippen LogP contribution in [0.4, 0.5) is 0 Å². The van der Waals surface area contributed by atoms with Crippen molar-refractivity contribution < 1.29 is 4.79 Å². The van der Waals surface area contributed by atoms with Gasteiger partial charge in [0, 0.05) is 17.6 Å². The lowest BCUT2D eigenvalue weighted by Gasteiger charge is -2.14. The summed E-state index contributed by atoms with van der Waals surface area (Å²) in [6.45, 7) is 7.83. The standard InChI is InChI=1S/C19H21N7O/c1-11(2)26-18-14(10-20-26)9-15(12(3)21-18)19(27)22-13(4)17-24-23-16-7-5-6-8-25(16)17/h5-11,13H,1-4H3,(H,22,27). The van der Waals surface area contributed by atoms with Gasteiger partial charge in [-0.25, -0.2) is 9.67 Å². The summed E-state index contributed by atoms with van der Waals surface area (Å²) in [5.74, 6) is 0.484. The van der Waals surface area contributed by atoms with Gasteiger partial charge in [-0.1, -0.05) is 6.07 Å². The number of nitrogens with one attached hydrogen (secondary N) is 1. The summed E-state index contributed by atoms with van der Waals surface area (Å²) < 4.78 is 3.72. The Bertz CT molecular complexity index is 1140. The molecule has 27 heavy (non-hydrogen) atoms. The third-order valence-electron chi connectivity index (χ3n) is 4.57. The number of nitrogens with zero attached hydrogens (tertiary/aromatic N) is 6. The summed E-state index contributed by atoms with van der Waals surface area (Å²) in [6, 6.07) is 7.42. The van der Waals surface area contributed by atoms with Crippen molar-refractivity contribution in [3.8, 4) is 0 Å². The predicted octanol–water partition coefficient (Wildman–Crippen LogP) is 2.85. The largest absolute Gasteiger partial charge is 0.342 e. The normalized spacial score (nSPS) is 12.8. The molecule has 4 aromatic rings. The molecule has 0 aliphatic carbocycles. The molecule has 4 heterocycles. The summed E-state index contributed by atoms with van der Waals surface area (Å²) in [4.78, 5) is 17.5. The van der Waals surface area contributed by atoms with E-state index in [0.29, 0.717) is 17.1 Å². The number of hydrogen-bond acceptors (Lipinski definition) is 5. The Morgan fingerprint density at radius 3 is 2.78 bits per heavy atom. The summed E-state index contributed by atoms with van der Waals surface area (Å²) in [5.41, 5.74) is 2.73. The smallest absolute Gasteiger partial charge is 0.253 e. The monoisotopic (exact) mass is 363 g/mol. The molecule has 0 aliphatic rings. The first kappa shape index (κ1) is 17.1. The van der Waals surface area contributed by atoms with E-state index in [2.05, 4.69) is 39.4 Å². The Labute approximate surface area is 156 Å². The van der Waals surface area contributed by atoms with Crippen molar-refractivity contribution in [1.29, 1.82) is 0 Å². The second-order valence-electron chi connectivity index (χ2n) is 6.90. The number of carbonyl (C=O) groups excluding carboxylic acids is 1. The lowest BCUT2D eigenvalue weighted by molar-refractivity contribution is 0.0937. The Balaban J connectivity index is 1.63. The first-order valence-corrected chi connectivity index (χ1v) is 8.91. The van der Waals surface area contributed by atoms with Gasteiger partial charge in [-0.3, -0.25) is 9.20 Å². The molecule has 8 nitrogen and oxygen atoms in total. The van der Waals surface area contributed by atoms with Crippen LogP contribution in [0.3, 0.4) is 0 Å². The van der Waals surface area contributed by atoms with Crippen molar-refractivity contribution >= 4 is 22.6 Å². The highest BCUT2D eigenvalue weighted by Crippen LogP contribution is 2.20. The highest BCUT2D eigenvalue weighted by molar-refractivity contribution is 5.98. The van der Waals surface area contributed by atoms with E-state index < -0.39 is 0 Å². The Morgan fingerprint density at radius 2 is 2.00 bits per heavy atom. The van der Waals surface area contributed by atoms with Crippen LogP contribution >= 0.6 is 0 Å². The number of aromatic nitrogens is 6. The fourth-order valence-corrected chi connectivity index (χ4v) is 3.17. The zero-order chi connectivity index (χ0) is 19.1. The quantitative estimate of drug-likeness (QED) is 0.602. The first-order chi connectivity index (χ1) is 13.0. The molecule has 4 aromatic heterocycles. The molecule has 0 saturated heterocycles. The zero-order valence-corrected chi connectivity index (χ0v) is 15.7. The van der Waals surface area contributed by atoms with Crippen LogP contribution in [0.25, 0.3) is 16.7 Å². The van der Waals surface area contributed by atoms with Gasteiger partial charge in [0.05, 0.1) is 23.5 Å². The number of carbonyl (C=O) groups is 1. The Morgan fingerprint density at radius 1 is 1.19 bits per heavy atom. The molecular weight excluding hydrogens is 342 g/mol. The second kappa shape index (κ2) is 6.46. The number of aryl methyl sites for hydroxylation is 1. The summed E-state index contributed by atoms with van der Waals surface area (Å²) in [5, 5.41) is 16.6. The van der Waals surface area contributed by atoms with Crippen molar-refractivity contribution in [3.05, 3.63) is 53.7 Å². The molecule has 1 N–H and O–H groups in total. The van der Waals surface area contributed by atoms with E-state index in [0.717, 1.165) is 16.7 Å². The molecule has 0 fully saturated rings. The van der Waals surface area contributed by atoms with E-state index in [4.69, 9.17) is 0 Å². The van der Waals surface area contributed by atoms with Gasteiger partial charge >= 0.3 is 0 Å². The van der Waals surface area contributed by atoms with Crippen molar-refractivity contribution in [3.63, 3.8) is 0 Å². The number of rotatable bonds is 4. The van der Waals surface area contributed by atoms with Crippen LogP contribution in [0.2, 0.25) is 0 Å². The van der Waals surface area contributed by atoms with Crippen molar-refractivity contribution in [2.75, 3.05) is 0 Å². The Hall–Kier alpha value is -3.29. The average molecular weight is 363 g/mol. The van der Waals surface area contributed by atoms with E-state index >= 15 is 0 Å². The Kier molecular flexibility index (Phi) is 4.10. The van der Waals surface area contributed by atoms with Crippen LogP contribution in [-0.2, 0) is 0 Å². The van der Waals surface area contributed by atoms with Gasteiger partial charge in [-0.2, -0.15) is 5.10 Å². The molecule has 1 unspecified atom stereocenters. The molecule has 0 aliphatic heterocycles. The third-order valence-corrected chi connectivity index (χ3v) is 4.57. The summed E-state index contributed by atoms with van der Waals surface area (Å²) in [6.07, 6.45) is 3.63. The maximum Gasteiger partial charge on any atom is 0.253 e. The fraction of sp³-hybridized carbons (Fsp3) is 0.316. The van der Waals surface area contributed by atoms with Crippen molar-refractivity contribution in [2.24, 2.45) is 0 Å². The topological polar surface area (TPSA) is 90.0 Å². The molecule has 0 radical (unpaired) electrons. The van der Waals surface area contributed by atoms with E-state index in [-0.39, 0.29) is 18.0 Å². The molecule has 0 bridgehead atoms. The van der Waals surface area contributed by atoms with Gasteiger partial charge in [-0.05, 0) is 45.9 Å². The minimum atomic E-state index is -0.302. The number of pyridine rings is 2. The lowest BCUT2D eigenvalue weighted by Crippen LogP contribution is -2.28. The first-order valence-electron chi connectivity index (χ1n) is 8.91. The molecule has 138 valence electrons. The second-order valence-corrected chi connectivity index (χ2v) is 6.90. The van der Waals surface area contributed by atoms with Gasteiger partial charge in [0.2, 0.25) is 0 Å². The van der Waals surface area contributed by atoms with Crippen LogP contribution < -0.4 is 5.32 Å². The van der Waals surface area contributed by atoms with Gasteiger partial charge in [0.1, 0.15) is 0 Å². The maximum absolute atomic E-state index is 12.9. The summed E-state index contributed by atoms with van der Waals surface area (Å²) in [7, 11) is 0. The van der Waals surface area contributed by atoms with Gasteiger partial charge in [0.25, 0.3) is 5.91 Å². The van der Waals surface area contributed by atoms with E-state index in [1.54, 1.807) is 6.20 Å². The van der Waals surface area contributed by atoms with Crippen LogP contribution in [-0.4, -0.2) is 35.3 Å². The molecule has 1 amide bonds. The summed E-state index contributed by atoms with van der Waals surface area (Å²) >= 11 is 0. The minimum Gasteiger partial charge on any atom is -0.342 e. The number of hydrogen-bond donors (Lipinski definition) is 1. The SMILES string of the molecule is Cc1nc2c(cnn2C(C)C)cc1C(=O)NC(C)c1nnc2ccccn12. The van der Waals surface area contributed by atoms with Crippen LogP contribution in [0.5, 0.6) is 0 Å². The highest BCUT2D eigenvalue weighted by Gasteiger charge is 2.20. The highest BCUT2D eigenvalue weighted by atomic mass is 16.1. The van der Waals surface area contributed by atoms with E-state index in [1.165, 1.54) is 0 Å². The van der Waals surface area contributed by atoms with Gasteiger partial charge in [0.15, 0.2) is 17.1 Å². The van der Waals surface area contributed by atoms with Crippen LogP contribution in [0.15, 0.2) is 36.7 Å². The predicted molar refractivity (Wildman–Crippen MR) is 102 cm³/mol. The molecule has 8 heteroatoms. The van der Waals surface area contributed by atoms with Crippen molar-refractivity contribution in [1.82, 2.24) is 34.7 Å². The third kappa shape index (κ3) is 2.92. The minimum absolute atomic E-state index is 0.195. The van der Waals surface area contributed by atoms with Crippen molar-refractivity contribution in [2.45, 2.75) is 39.8 Å². The average Bonchev–Trinajstić information content (AvgIpc) is 3.24. The maximum atomic E-state index is 12.9. The van der Waals surface area contributed by atoms with Crippen LogP contribution in [0, 0.1) is 6.92 Å². The van der Waals surface area contributed by atoms with Crippen LogP contribution in [0.1, 0.15) is 54.7 Å². The molecule has 0 aromatic carbocycles. The molecule has 4 rings (SSSR count). The van der Waals surface area contributed by atoms with Gasteiger partial charge in [-0.15, -0.1) is 10.2 Å². The number of amides is 1. The van der Waals surface area contributed by atoms with Gasteiger partial charge < -0.3 is 5.32 Å². The molecular formula is C19H21N7O. The molecule has 1 atom stereocenters. The molecule has 0 saturated carbocycles. The molecule has 0 spiro atoms. The number of fused-ring (bicyclic) bond motifs is 2. The zero-order valence-electron chi connectivity index (χ0n) is 15.7. The fourth-order valence-electron chi connectivity index (χ4n) is 3.17. The van der Waals surface area contributed by atoms with E-state index in [9.17, 15) is 4.79 Å². The lowest BCUT2D eigenvalue weighted by atomic mass is 10.1. The van der Waals surface area contributed by atoms with E-state index in [1.807, 2.05) is 53.4 Å².